The lowest BCUT2D eigenvalue weighted by atomic mass is 10.1. The van der Waals surface area contributed by atoms with Crippen molar-refractivity contribution in [2.24, 2.45) is 0 Å². The predicted molar refractivity (Wildman–Crippen MR) is 50.9 cm³/mol. The molecule has 0 aromatic heterocycles. The number of aliphatic carboxylic acids is 1. The Hall–Kier alpha value is -1.14. The summed E-state index contributed by atoms with van der Waals surface area (Å²) in [5.41, 5.74) is 7.17. The molecular weight excluding hydrogens is 198 g/mol. The normalized spacial score (nSPS) is 14.3. The van der Waals surface area contributed by atoms with Crippen LogP contribution in [0.2, 0.25) is 0 Å². The largest absolute Gasteiger partial charge is 0.548 e. The average molecular weight is 218 g/mol. The molecule has 0 aromatic carbocycles. The molecule has 0 bridgehead atoms. The van der Waals surface area contributed by atoms with Crippen molar-refractivity contribution >= 4 is 11.9 Å². The Morgan fingerprint density at radius 3 is 2.40 bits per heavy atom. The maximum absolute atomic E-state index is 11.2. The topological polar surface area (TPSA) is 125 Å². The zero-order valence-corrected chi connectivity index (χ0v) is 9.12. The fourth-order valence-electron chi connectivity index (χ4n) is 1.09. The van der Waals surface area contributed by atoms with Crippen molar-refractivity contribution in [3.63, 3.8) is 0 Å². The van der Waals surface area contributed by atoms with Crippen LogP contribution in [0.25, 0.3) is 0 Å². The van der Waals surface area contributed by atoms with Crippen LogP contribution in [0.4, 0.5) is 0 Å². The van der Waals surface area contributed by atoms with Gasteiger partial charge in [0, 0.05) is 0 Å². The predicted octanol–water partition coefficient (Wildman–Crippen LogP) is -3.74. The summed E-state index contributed by atoms with van der Waals surface area (Å²) in [6.45, 7) is 2.37. The van der Waals surface area contributed by atoms with Gasteiger partial charge in [-0.15, -0.1) is 0 Å². The molecule has 0 aliphatic carbocycles. The summed E-state index contributed by atoms with van der Waals surface area (Å²) < 4.78 is 0. The second-order valence-corrected chi connectivity index (χ2v) is 3.63. The van der Waals surface area contributed by atoms with Crippen molar-refractivity contribution < 1.29 is 26.2 Å². The van der Waals surface area contributed by atoms with E-state index in [0.29, 0.717) is 12.8 Å². The van der Waals surface area contributed by atoms with E-state index in [2.05, 4.69) is 16.8 Å². The lowest BCUT2D eigenvalue weighted by molar-refractivity contribution is -0.398. The number of unbranched alkanes of at least 4 members (excludes halogenated alkanes) is 1. The molecule has 0 spiro atoms. The first-order chi connectivity index (χ1) is 6.99. The molecule has 0 saturated heterocycles. The molecule has 0 aliphatic heterocycles. The van der Waals surface area contributed by atoms with E-state index in [9.17, 15) is 14.7 Å². The number of carboxylic acid groups (broad SMARTS) is 1. The van der Waals surface area contributed by atoms with E-state index in [1.54, 1.807) is 6.92 Å². The molecule has 15 heavy (non-hydrogen) atoms. The molecule has 2 atom stereocenters. The van der Waals surface area contributed by atoms with E-state index in [0.717, 1.165) is 13.0 Å². The Labute approximate surface area is 89.0 Å². The zero-order valence-electron chi connectivity index (χ0n) is 9.12. The number of nitrogens with one attached hydrogen (secondary N) is 1. The van der Waals surface area contributed by atoms with Gasteiger partial charge in [0.25, 0.3) is 5.91 Å². The van der Waals surface area contributed by atoms with Gasteiger partial charge >= 0.3 is 0 Å². The van der Waals surface area contributed by atoms with Gasteiger partial charge in [0.05, 0.1) is 18.6 Å². The summed E-state index contributed by atoms with van der Waals surface area (Å²) in [4.78, 5) is 21.9. The minimum Gasteiger partial charge on any atom is -0.548 e. The molecule has 88 valence electrons. The van der Waals surface area contributed by atoms with Crippen LogP contribution in [0.3, 0.4) is 0 Å². The van der Waals surface area contributed by atoms with Crippen LogP contribution in [-0.4, -0.2) is 30.5 Å². The smallest absolute Gasteiger partial charge is 0.278 e. The second kappa shape index (κ2) is 7.19. The molecule has 0 rings (SSSR count). The maximum atomic E-state index is 11.2. The van der Waals surface area contributed by atoms with E-state index >= 15 is 0 Å². The van der Waals surface area contributed by atoms with Crippen molar-refractivity contribution in [2.45, 2.75) is 38.3 Å². The van der Waals surface area contributed by atoms with E-state index in [1.165, 1.54) is 0 Å². The quantitative estimate of drug-likeness (QED) is 0.380. The Balaban J connectivity index is 4.05. The SMILES string of the molecule is C[C@H]([NH3+])C(=O)N[C@@H](CCCC[NH3+])C(=O)[O-]. The van der Waals surface area contributed by atoms with E-state index < -0.39 is 18.1 Å². The third kappa shape index (κ3) is 6.03. The van der Waals surface area contributed by atoms with Gasteiger partial charge in [-0.05, 0) is 26.2 Å². The van der Waals surface area contributed by atoms with Crippen LogP contribution in [0.15, 0.2) is 0 Å². The number of carbonyl (C=O) groups is 2. The Kier molecular flexibility index (Phi) is 6.64. The summed E-state index contributed by atoms with van der Waals surface area (Å²) in [7, 11) is 0. The average Bonchev–Trinajstić information content (AvgIpc) is 2.15. The fourth-order valence-corrected chi connectivity index (χ4v) is 1.09. The third-order valence-corrected chi connectivity index (χ3v) is 2.04. The molecule has 0 heterocycles. The molecule has 0 saturated carbocycles. The van der Waals surface area contributed by atoms with Crippen molar-refractivity contribution in [1.82, 2.24) is 5.32 Å². The summed E-state index contributed by atoms with van der Waals surface area (Å²) >= 11 is 0. The molecule has 0 unspecified atom stereocenters. The summed E-state index contributed by atoms with van der Waals surface area (Å²) in [6.07, 6.45) is 1.95. The molecule has 6 nitrogen and oxygen atoms in total. The van der Waals surface area contributed by atoms with Gasteiger partial charge in [-0.25, -0.2) is 0 Å². The number of hydrogen-bond donors (Lipinski definition) is 3. The second-order valence-electron chi connectivity index (χ2n) is 3.63. The fraction of sp³-hybridized carbons (Fsp3) is 0.778. The third-order valence-electron chi connectivity index (χ3n) is 2.04. The molecule has 0 radical (unpaired) electrons. The van der Waals surface area contributed by atoms with Crippen molar-refractivity contribution in [3.05, 3.63) is 0 Å². The molecule has 1 amide bonds. The van der Waals surface area contributed by atoms with Crippen molar-refractivity contribution in [2.75, 3.05) is 6.54 Å². The van der Waals surface area contributed by atoms with Crippen molar-refractivity contribution in [1.29, 1.82) is 0 Å². The van der Waals surface area contributed by atoms with Crippen LogP contribution in [0, 0.1) is 0 Å². The number of hydrogen-bond acceptors (Lipinski definition) is 3. The number of rotatable bonds is 7. The van der Waals surface area contributed by atoms with Crippen LogP contribution in [-0.2, 0) is 9.59 Å². The minimum atomic E-state index is -1.24. The molecule has 6 heteroatoms. The van der Waals surface area contributed by atoms with Gasteiger partial charge < -0.3 is 26.7 Å². The monoisotopic (exact) mass is 218 g/mol. The highest BCUT2D eigenvalue weighted by Crippen LogP contribution is 1.99. The summed E-state index contributed by atoms with van der Waals surface area (Å²) in [5, 5.41) is 13.1. The van der Waals surface area contributed by atoms with E-state index in [-0.39, 0.29) is 5.91 Å². The first kappa shape index (κ1) is 13.9. The standard InChI is InChI=1S/C9H19N3O3/c1-6(11)8(13)12-7(9(14)15)4-2-3-5-10/h6-7H,2-5,10-11H2,1H3,(H,12,13)(H,14,15)/p+1/t6-,7-/m0/s1. The maximum Gasteiger partial charge on any atom is 0.278 e. The molecule has 0 aliphatic rings. The van der Waals surface area contributed by atoms with Gasteiger partial charge in [-0.3, -0.25) is 4.79 Å². The van der Waals surface area contributed by atoms with Crippen LogP contribution in [0.1, 0.15) is 26.2 Å². The number of amides is 1. The Morgan fingerprint density at radius 1 is 1.40 bits per heavy atom. The summed E-state index contributed by atoms with van der Waals surface area (Å²) in [6, 6.07) is -1.37. The van der Waals surface area contributed by atoms with Gasteiger partial charge in [0.1, 0.15) is 0 Å². The first-order valence-corrected chi connectivity index (χ1v) is 5.12. The molecule has 0 aromatic rings. The highest BCUT2D eigenvalue weighted by molar-refractivity contribution is 5.84. The first-order valence-electron chi connectivity index (χ1n) is 5.12. The van der Waals surface area contributed by atoms with Gasteiger partial charge in [0.15, 0.2) is 6.04 Å². The van der Waals surface area contributed by atoms with Gasteiger partial charge in [-0.1, -0.05) is 0 Å². The van der Waals surface area contributed by atoms with Gasteiger partial charge in [-0.2, -0.15) is 0 Å². The lowest BCUT2D eigenvalue weighted by Crippen LogP contribution is -2.67. The summed E-state index contributed by atoms with van der Waals surface area (Å²) in [5.74, 6) is -1.60. The van der Waals surface area contributed by atoms with Crippen molar-refractivity contribution in [3.8, 4) is 0 Å². The van der Waals surface area contributed by atoms with Gasteiger partial charge in [0.2, 0.25) is 0 Å². The number of quaternary nitrogens is 2. The molecule has 7 N–H and O–H groups in total. The number of carbonyl (C=O) groups excluding carboxylic acids is 2. The Bertz CT molecular complexity index is 219. The highest BCUT2D eigenvalue weighted by atomic mass is 16.4. The van der Waals surface area contributed by atoms with Crippen LogP contribution >= 0.6 is 0 Å². The van der Waals surface area contributed by atoms with E-state index in [4.69, 9.17) is 0 Å². The highest BCUT2D eigenvalue weighted by Gasteiger charge is 2.17. The molecular formula is C9H20N3O3+. The minimum absolute atomic E-state index is 0.362. The Morgan fingerprint density at radius 2 is 2.00 bits per heavy atom. The van der Waals surface area contributed by atoms with Crippen LogP contribution < -0.4 is 21.9 Å². The zero-order chi connectivity index (χ0) is 11.8. The number of carboxylic acids is 1. The van der Waals surface area contributed by atoms with E-state index in [1.807, 2.05) is 0 Å². The van der Waals surface area contributed by atoms with Crippen LogP contribution in [0.5, 0.6) is 0 Å². The molecule has 0 fully saturated rings. The lowest BCUT2D eigenvalue weighted by Gasteiger charge is -2.19.